The quantitative estimate of drug-likeness (QED) is 0.637. The Morgan fingerprint density at radius 3 is 2.50 bits per heavy atom. The summed E-state index contributed by atoms with van der Waals surface area (Å²) in [6, 6.07) is 0. The molecule has 0 radical (unpaired) electrons. The van der Waals surface area contributed by atoms with E-state index in [2.05, 4.69) is 4.90 Å². The van der Waals surface area contributed by atoms with E-state index in [1.807, 2.05) is 0 Å². The number of hydrogen-bond donors (Lipinski definition) is 2. The van der Waals surface area contributed by atoms with Crippen LogP contribution < -0.4 is 5.73 Å². The van der Waals surface area contributed by atoms with E-state index in [4.69, 9.17) is 10.5 Å². The first-order valence-electron chi connectivity index (χ1n) is 5.47. The summed E-state index contributed by atoms with van der Waals surface area (Å²) in [5.74, 6) is 0.440. The minimum atomic E-state index is -0.642. The second-order valence-electron chi connectivity index (χ2n) is 4.47. The highest BCUT2D eigenvalue weighted by molar-refractivity contribution is 4.97. The van der Waals surface area contributed by atoms with Crippen LogP contribution in [0.5, 0.6) is 0 Å². The standard InChI is InChI=1S/C10H20N2O2/c11-7-10(13,9-1-2-9)8-12-3-5-14-6-4-12/h9,13H,1-8,11H2. The molecule has 2 fully saturated rings. The van der Waals surface area contributed by atoms with Crippen molar-refractivity contribution in [3.8, 4) is 0 Å². The fraction of sp³-hybridized carbons (Fsp3) is 1.00. The maximum absolute atomic E-state index is 10.3. The normalized spacial score (nSPS) is 28.7. The highest BCUT2D eigenvalue weighted by Crippen LogP contribution is 2.39. The monoisotopic (exact) mass is 200 g/mol. The van der Waals surface area contributed by atoms with Gasteiger partial charge in [-0.15, -0.1) is 0 Å². The van der Waals surface area contributed by atoms with Crippen LogP contribution in [-0.4, -0.2) is 55.0 Å². The van der Waals surface area contributed by atoms with Gasteiger partial charge < -0.3 is 15.6 Å². The third kappa shape index (κ3) is 2.25. The zero-order valence-electron chi connectivity index (χ0n) is 8.61. The average molecular weight is 200 g/mol. The zero-order chi connectivity index (χ0) is 10.0. The molecule has 2 rings (SSSR count). The Hall–Kier alpha value is -0.160. The predicted molar refractivity (Wildman–Crippen MR) is 54.0 cm³/mol. The smallest absolute Gasteiger partial charge is 0.0923 e. The van der Waals surface area contributed by atoms with Crippen molar-refractivity contribution in [2.45, 2.75) is 18.4 Å². The van der Waals surface area contributed by atoms with Gasteiger partial charge in [0.1, 0.15) is 0 Å². The van der Waals surface area contributed by atoms with Gasteiger partial charge in [-0.3, -0.25) is 4.90 Å². The molecule has 0 aromatic carbocycles. The van der Waals surface area contributed by atoms with E-state index in [1.54, 1.807) is 0 Å². The molecule has 0 bridgehead atoms. The van der Waals surface area contributed by atoms with Crippen LogP contribution in [0.15, 0.2) is 0 Å². The van der Waals surface area contributed by atoms with Crippen molar-refractivity contribution in [3.63, 3.8) is 0 Å². The Balaban J connectivity index is 1.86. The number of rotatable bonds is 4. The van der Waals surface area contributed by atoms with Gasteiger partial charge in [0, 0.05) is 26.2 Å². The van der Waals surface area contributed by atoms with E-state index in [-0.39, 0.29) is 0 Å². The molecule has 2 aliphatic rings. The third-order valence-corrected chi connectivity index (χ3v) is 3.29. The molecule has 4 nitrogen and oxygen atoms in total. The van der Waals surface area contributed by atoms with Crippen LogP contribution in [0, 0.1) is 5.92 Å². The molecule has 4 heteroatoms. The first kappa shape index (κ1) is 10.4. The third-order valence-electron chi connectivity index (χ3n) is 3.29. The molecule has 1 aliphatic heterocycles. The summed E-state index contributed by atoms with van der Waals surface area (Å²) in [5, 5.41) is 10.3. The molecule has 1 unspecified atom stereocenters. The summed E-state index contributed by atoms with van der Waals surface area (Å²) in [6.07, 6.45) is 2.27. The zero-order valence-corrected chi connectivity index (χ0v) is 8.61. The lowest BCUT2D eigenvalue weighted by molar-refractivity contribution is -0.0390. The van der Waals surface area contributed by atoms with Crippen molar-refractivity contribution in [3.05, 3.63) is 0 Å². The first-order chi connectivity index (χ1) is 6.74. The molecular formula is C10H20N2O2. The van der Waals surface area contributed by atoms with E-state index in [0.717, 1.165) is 45.7 Å². The topological polar surface area (TPSA) is 58.7 Å². The van der Waals surface area contributed by atoms with E-state index in [9.17, 15) is 5.11 Å². The molecule has 0 amide bonds. The molecule has 1 saturated carbocycles. The van der Waals surface area contributed by atoms with Crippen molar-refractivity contribution in [2.75, 3.05) is 39.4 Å². The summed E-state index contributed by atoms with van der Waals surface area (Å²) in [7, 11) is 0. The summed E-state index contributed by atoms with van der Waals surface area (Å²) in [4.78, 5) is 2.26. The molecule has 0 spiro atoms. The molecule has 82 valence electrons. The van der Waals surface area contributed by atoms with Crippen molar-refractivity contribution in [1.29, 1.82) is 0 Å². The summed E-state index contributed by atoms with van der Waals surface area (Å²) in [6.45, 7) is 4.52. The van der Waals surface area contributed by atoms with E-state index in [1.165, 1.54) is 0 Å². The Kier molecular flexibility index (Phi) is 3.07. The molecule has 1 saturated heterocycles. The fourth-order valence-corrected chi connectivity index (χ4v) is 2.13. The van der Waals surface area contributed by atoms with Crippen molar-refractivity contribution in [1.82, 2.24) is 4.90 Å². The molecule has 1 atom stereocenters. The Morgan fingerprint density at radius 1 is 1.36 bits per heavy atom. The Bertz CT molecular complexity index is 191. The van der Waals surface area contributed by atoms with Gasteiger partial charge in [-0.2, -0.15) is 0 Å². The summed E-state index contributed by atoms with van der Waals surface area (Å²) in [5.41, 5.74) is 5.02. The first-order valence-corrected chi connectivity index (χ1v) is 5.47. The van der Waals surface area contributed by atoms with Crippen LogP contribution in [0.4, 0.5) is 0 Å². The van der Waals surface area contributed by atoms with Gasteiger partial charge in [0.15, 0.2) is 0 Å². The minimum Gasteiger partial charge on any atom is -0.387 e. The van der Waals surface area contributed by atoms with Crippen molar-refractivity contribution in [2.24, 2.45) is 11.7 Å². The van der Waals surface area contributed by atoms with Gasteiger partial charge >= 0.3 is 0 Å². The lowest BCUT2D eigenvalue weighted by atomic mass is 9.97. The van der Waals surface area contributed by atoms with Gasteiger partial charge in [0.05, 0.1) is 18.8 Å². The molecule has 3 N–H and O–H groups in total. The van der Waals surface area contributed by atoms with Crippen LogP contribution in [0.25, 0.3) is 0 Å². The second-order valence-corrected chi connectivity index (χ2v) is 4.47. The van der Waals surface area contributed by atoms with Crippen LogP contribution in [-0.2, 0) is 4.74 Å². The summed E-state index contributed by atoms with van der Waals surface area (Å²) >= 11 is 0. The molecule has 14 heavy (non-hydrogen) atoms. The largest absolute Gasteiger partial charge is 0.387 e. The maximum atomic E-state index is 10.3. The van der Waals surface area contributed by atoms with Gasteiger partial charge in [-0.1, -0.05) is 0 Å². The minimum absolute atomic E-state index is 0.384. The number of aliphatic hydroxyl groups is 1. The van der Waals surface area contributed by atoms with Crippen LogP contribution in [0.3, 0.4) is 0 Å². The second kappa shape index (κ2) is 4.14. The number of β-amino-alcohol motifs (C(OH)–C–C–N with tert-alkyl or cyclic N) is 1. The SMILES string of the molecule is NCC(O)(CN1CCOCC1)C1CC1. The number of morpholine rings is 1. The lowest BCUT2D eigenvalue weighted by Gasteiger charge is -2.35. The molecule has 1 aliphatic carbocycles. The van der Waals surface area contributed by atoms with Gasteiger partial charge in [0.2, 0.25) is 0 Å². The Labute approximate surface area is 85.0 Å². The molecular weight excluding hydrogens is 180 g/mol. The van der Waals surface area contributed by atoms with E-state index < -0.39 is 5.60 Å². The van der Waals surface area contributed by atoms with Crippen LogP contribution in [0.1, 0.15) is 12.8 Å². The number of nitrogens with two attached hydrogens (primary N) is 1. The summed E-state index contributed by atoms with van der Waals surface area (Å²) < 4.78 is 5.27. The lowest BCUT2D eigenvalue weighted by Crippen LogP contribution is -2.52. The average Bonchev–Trinajstić information content (AvgIpc) is 3.03. The van der Waals surface area contributed by atoms with Crippen LogP contribution in [0.2, 0.25) is 0 Å². The van der Waals surface area contributed by atoms with Crippen molar-refractivity contribution >= 4 is 0 Å². The highest BCUT2D eigenvalue weighted by Gasteiger charge is 2.43. The predicted octanol–water partition coefficient (Wildman–Crippen LogP) is -0.582. The number of hydrogen-bond acceptors (Lipinski definition) is 4. The fourth-order valence-electron chi connectivity index (χ4n) is 2.13. The highest BCUT2D eigenvalue weighted by atomic mass is 16.5. The Morgan fingerprint density at radius 2 is 2.00 bits per heavy atom. The van der Waals surface area contributed by atoms with Gasteiger partial charge in [0.25, 0.3) is 0 Å². The molecule has 0 aromatic heterocycles. The van der Waals surface area contributed by atoms with Crippen molar-refractivity contribution < 1.29 is 9.84 Å². The van der Waals surface area contributed by atoms with E-state index in [0.29, 0.717) is 12.5 Å². The van der Waals surface area contributed by atoms with Gasteiger partial charge in [-0.25, -0.2) is 0 Å². The molecule has 1 heterocycles. The van der Waals surface area contributed by atoms with E-state index >= 15 is 0 Å². The molecule has 0 aromatic rings. The maximum Gasteiger partial charge on any atom is 0.0923 e. The van der Waals surface area contributed by atoms with Gasteiger partial charge in [-0.05, 0) is 18.8 Å². The number of nitrogens with zero attached hydrogens (tertiary/aromatic N) is 1. The number of ether oxygens (including phenoxy) is 1. The van der Waals surface area contributed by atoms with Crippen LogP contribution >= 0.6 is 0 Å².